The van der Waals surface area contributed by atoms with E-state index in [-0.39, 0.29) is 23.0 Å². The molecule has 2 amide bonds. The molecule has 1 unspecified atom stereocenters. The molecule has 134 valence electrons. The average Bonchev–Trinajstić information content (AvgIpc) is 2.83. The maximum atomic E-state index is 12.2. The molecule has 1 aromatic carbocycles. The molecule has 7 heteroatoms. The van der Waals surface area contributed by atoms with Gasteiger partial charge in [0.05, 0.1) is 10.9 Å². The lowest BCUT2D eigenvalue weighted by Crippen LogP contribution is -2.42. The molecule has 1 fully saturated rings. The van der Waals surface area contributed by atoms with Crippen molar-refractivity contribution in [2.75, 3.05) is 7.05 Å². The molecule has 0 heterocycles. The number of hydrogen-bond acceptors (Lipinski definition) is 3. The summed E-state index contributed by atoms with van der Waals surface area (Å²) in [6.07, 6.45) is 6.84. The zero-order valence-electron chi connectivity index (χ0n) is 14.3. The van der Waals surface area contributed by atoms with Gasteiger partial charge in [0, 0.05) is 6.04 Å². The van der Waals surface area contributed by atoms with Crippen molar-refractivity contribution in [3.8, 4) is 0 Å². The SMILES string of the molecule is CNS(=O)(=O)c1cccc(C(C)NC(=O)NC2CCCCCC2)c1. The largest absolute Gasteiger partial charge is 0.335 e. The number of urea groups is 1. The maximum absolute atomic E-state index is 12.2. The molecule has 1 aliphatic carbocycles. The number of sulfonamides is 1. The Balaban J connectivity index is 1.97. The van der Waals surface area contributed by atoms with Gasteiger partial charge in [-0.15, -0.1) is 0 Å². The van der Waals surface area contributed by atoms with Crippen LogP contribution < -0.4 is 15.4 Å². The van der Waals surface area contributed by atoms with E-state index in [0.717, 1.165) is 31.2 Å². The highest BCUT2D eigenvalue weighted by Crippen LogP contribution is 2.19. The van der Waals surface area contributed by atoms with Crippen molar-refractivity contribution < 1.29 is 13.2 Å². The van der Waals surface area contributed by atoms with E-state index in [0.29, 0.717) is 0 Å². The van der Waals surface area contributed by atoms with Gasteiger partial charge in [-0.1, -0.05) is 37.8 Å². The molecule has 1 saturated carbocycles. The zero-order valence-corrected chi connectivity index (χ0v) is 15.2. The zero-order chi connectivity index (χ0) is 17.6. The molecule has 1 aromatic rings. The van der Waals surface area contributed by atoms with Crippen molar-refractivity contribution in [3.05, 3.63) is 29.8 Å². The topological polar surface area (TPSA) is 87.3 Å². The summed E-state index contributed by atoms with van der Waals surface area (Å²) in [5.74, 6) is 0. The summed E-state index contributed by atoms with van der Waals surface area (Å²) in [7, 11) is -2.11. The lowest BCUT2D eigenvalue weighted by molar-refractivity contribution is 0.232. The van der Waals surface area contributed by atoms with Gasteiger partial charge in [-0.2, -0.15) is 0 Å². The number of amides is 2. The fourth-order valence-electron chi connectivity index (χ4n) is 3.00. The Morgan fingerprint density at radius 2 is 1.83 bits per heavy atom. The van der Waals surface area contributed by atoms with Crippen LogP contribution in [0.15, 0.2) is 29.2 Å². The molecule has 0 aliphatic heterocycles. The second-order valence-corrected chi connectivity index (χ2v) is 8.19. The van der Waals surface area contributed by atoms with Crippen molar-refractivity contribution >= 4 is 16.1 Å². The van der Waals surface area contributed by atoms with Crippen LogP contribution in [0.25, 0.3) is 0 Å². The predicted molar refractivity (Wildman–Crippen MR) is 94.3 cm³/mol. The molecule has 1 atom stereocenters. The monoisotopic (exact) mass is 353 g/mol. The van der Waals surface area contributed by atoms with Gasteiger partial charge in [0.25, 0.3) is 0 Å². The summed E-state index contributed by atoms with van der Waals surface area (Å²) < 4.78 is 26.1. The predicted octanol–water partition coefficient (Wildman–Crippen LogP) is 2.68. The Bertz CT molecular complexity index is 653. The Labute approximate surface area is 144 Å². The van der Waals surface area contributed by atoms with Gasteiger partial charge < -0.3 is 10.6 Å². The third-order valence-corrected chi connectivity index (χ3v) is 5.89. The molecule has 6 nitrogen and oxygen atoms in total. The molecule has 0 bridgehead atoms. The third-order valence-electron chi connectivity index (χ3n) is 4.48. The van der Waals surface area contributed by atoms with Crippen LogP contribution in [-0.4, -0.2) is 27.5 Å². The molecular formula is C17H27N3O3S. The summed E-state index contributed by atoms with van der Waals surface area (Å²) in [6.45, 7) is 1.85. The number of nitrogens with one attached hydrogen (secondary N) is 3. The lowest BCUT2D eigenvalue weighted by atomic mass is 10.1. The van der Waals surface area contributed by atoms with E-state index in [1.165, 1.54) is 26.0 Å². The Hall–Kier alpha value is -1.60. The van der Waals surface area contributed by atoms with Gasteiger partial charge in [-0.05, 0) is 44.5 Å². The molecule has 0 saturated heterocycles. The fraction of sp³-hybridized carbons (Fsp3) is 0.588. The first-order valence-corrected chi connectivity index (χ1v) is 10.0. The minimum Gasteiger partial charge on any atom is -0.335 e. The smallest absolute Gasteiger partial charge is 0.315 e. The summed E-state index contributed by atoms with van der Waals surface area (Å²) in [5.41, 5.74) is 0.752. The standard InChI is InChI=1S/C17H27N3O3S/c1-13(14-8-7-11-16(12-14)24(22,23)18-2)19-17(21)20-15-9-5-3-4-6-10-15/h7-8,11-13,15,18H,3-6,9-10H2,1-2H3,(H2,19,20,21). The van der Waals surface area contributed by atoms with Crippen molar-refractivity contribution in [1.82, 2.24) is 15.4 Å². The minimum atomic E-state index is -3.49. The molecule has 0 radical (unpaired) electrons. The van der Waals surface area contributed by atoms with Crippen LogP contribution in [0.1, 0.15) is 57.1 Å². The first-order chi connectivity index (χ1) is 11.4. The van der Waals surface area contributed by atoms with Crippen LogP contribution in [-0.2, 0) is 10.0 Å². The number of carbonyl (C=O) groups excluding carboxylic acids is 1. The summed E-state index contributed by atoms with van der Waals surface area (Å²) in [6, 6.07) is 6.37. The van der Waals surface area contributed by atoms with Crippen molar-refractivity contribution in [3.63, 3.8) is 0 Å². The highest BCUT2D eigenvalue weighted by Gasteiger charge is 2.18. The molecule has 24 heavy (non-hydrogen) atoms. The van der Waals surface area contributed by atoms with E-state index in [9.17, 15) is 13.2 Å². The van der Waals surface area contributed by atoms with E-state index >= 15 is 0 Å². The van der Waals surface area contributed by atoms with E-state index < -0.39 is 10.0 Å². The molecule has 1 aliphatic rings. The summed E-state index contributed by atoms with van der Waals surface area (Å²) in [4.78, 5) is 12.4. The Morgan fingerprint density at radius 1 is 1.17 bits per heavy atom. The Morgan fingerprint density at radius 3 is 2.46 bits per heavy atom. The maximum Gasteiger partial charge on any atom is 0.315 e. The first-order valence-electron chi connectivity index (χ1n) is 8.53. The normalized spacial score (nSPS) is 17.8. The fourth-order valence-corrected chi connectivity index (χ4v) is 3.78. The molecule has 3 N–H and O–H groups in total. The van der Waals surface area contributed by atoms with Gasteiger partial charge in [0.2, 0.25) is 10.0 Å². The van der Waals surface area contributed by atoms with Gasteiger partial charge in [-0.3, -0.25) is 0 Å². The van der Waals surface area contributed by atoms with Crippen LogP contribution in [0, 0.1) is 0 Å². The van der Waals surface area contributed by atoms with E-state index in [2.05, 4.69) is 15.4 Å². The van der Waals surface area contributed by atoms with Crippen molar-refractivity contribution in [1.29, 1.82) is 0 Å². The van der Waals surface area contributed by atoms with Crippen LogP contribution >= 0.6 is 0 Å². The van der Waals surface area contributed by atoms with Crippen LogP contribution in [0.5, 0.6) is 0 Å². The second-order valence-electron chi connectivity index (χ2n) is 6.31. The van der Waals surface area contributed by atoms with E-state index in [4.69, 9.17) is 0 Å². The summed E-state index contributed by atoms with van der Waals surface area (Å²) in [5, 5.41) is 5.93. The lowest BCUT2D eigenvalue weighted by Gasteiger charge is -2.20. The first kappa shape index (κ1) is 18.7. The number of benzene rings is 1. The van der Waals surface area contributed by atoms with Crippen molar-refractivity contribution in [2.45, 2.75) is 62.4 Å². The number of carbonyl (C=O) groups is 1. The molecule has 0 spiro atoms. The molecule has 2 rings (SSSR count). The Kier molecular flexibility index (Phi) is 6.62. The highest BCUT2D eigenvalue weighted by atomic mass is 32.2. The quantitative estimate of drug-likeness (QED) is 0.711. The van der Waals surface area contributed by atoms with Gasteiger partial charge in [-0.25, -0.2) is 17.9 Å². The summed E-state index contributed by atoms with van der Waals surface area (Å²) >= 11 is 0. The van der Waals surface area contributed by atoms with E-state index in [1.54, 1.807) is 12.1 Å². The van der Waals surface area contributed by atoms with Gasteiger partial charge >= 0.3 is 6.03 Å². The van der Waals surface area contributed by atoms with Gasteiger partial charge in [0.1, 0.15) is 0 Å². The van der Waals surface area contributed by atoms with Crippen LogP contribution in [0.2, 0.25) is 0 Å². The highest BCUT2D eigenvalue weighted by molar-refractivity contribution is 7.89. The van der Waals surface area contributed by atoms with Gasteiger partial charge in [0.15, 0.2) is 0 Å². The third kappa shape index (κ3) is 5.21. The van der Waals surface area contributed by atoms with Crippen LogP contribution in [0.3, 0.4) is 0 Å². The molecule has 0 aromatic heterocycles. The van der Waals surface area contributed by atoms with E-state index in [1.807, 2.05) is 13.0 Å². The second kappa shape index (κ2) is 8.48. The van der Waals surface area contributed by atoms with Crippen molar-refractivity contribution in [2.24, 2.45) is 0 Å². The van der Waals surface area contributed by atoms with Crippen LogP contribution in [0.4, 0.5) is 4.79 Å². The minimum absolute atomic E-state index is 0.195. The number of hydrogen-bond donors (Lipinski definition) is 3. The average molecular weight is 353 g/mol. The number of rotatable bonds is 5. The molecular weight excluding hydrogens is 326 g/mol.